The van der Waals surface area contributed by atoms with E-state index in [-0.39, 0.29) is 10.5 Å². The van der Waals surface area contributed by atoms with Crippen LogP contribution in [-0.2, 0) is 11.1 Å². The van der Waals surface area contributed by atoms with E-state index in [1.165, 1.54) is 18.2 Å². The van der Waals surface area contributed by atoms with Crippen molar-refractivity contribution in [3.05, 3.63) is 29.3 Å². The maximum absolute atomic E-state index is 10.6. The summed E-state index contributed by atoms with van der Waals surface area (Å²) in [6.45, 7) is 1.67. The van der Waals surface area contributed by atoms with Gasteiger partial charge in [-0.2, -0.15) is 0 Å². The van der Waals surface area contributed by atoms with E-state index < -0.39 is 17.0 Å². The summed E-state index contributed by atoms with van der Waals surface area (Å²) in [5, 5.41) is 8.63. The zero-order valence-electron chi connectivity index (χ0n) is 6.85. The highest BCUT2D eigenvalue weighted by atomic mass is 32.2. The zero-order chi connectivity index (χ0) is 10.0. The number of hydrogen-bond acceptors (Lipinski definition) is 2. The Morgan fingerprint density at radius 2 is 2.00 bits per heavy atom. The summed E-state index contributed by atoms with van der Waals surface area (Å²) in [5.74, 6) is -1.10. The maximum Gasteiger partial charge on any atom is 0.335 e. The molecule has 0 bridgehead atoms. The predicted molar refractivity (Wildman–Crippen MR) is 47.2 cm³/mol. The molecule has 0 saturated heterocycles. The van der Waals surface area contributed by atoms with E-state index in [0.29, 0.717) is 5.56 Å². The van der Waals surface area contributed by atoms with Crippen LogP contribution in [0.25, 0.3) is 0 Å². The van der Waals surface area contributed by atoms with Gasteiger partial charge in [-0.05, 0) is 30.7 Å². The Balaban J connectivity index is 3.26. The number of carboxylic acids is 1. The molecule has 0 heterocycles. The fraction of sp³-hybridized carbons (Fsp3) is 0.125. The van der Waals surface area contributed by atoms with Gasteiger partial charge in [0.1, 0.15) is 0 Å². The van der Waals surface area contributed by atoms with Gasteiger partial charge in [0.15, 0.2) is 11.1 Å². The SMILES string of the molecule is Cc1cc(C(=O)O)cc(S(=O)O)c1. The number of benzene rings is 1. The predicted octanol–water partition coefficient (Wildman–Crippen LogP) is 1.27. The third-order valence-electron chi connectivity index (χ3n) is 1.50. The lowest BCUT2D eigenvalue weighted by molar-refractivity contribution is 0.0696. The van der Waals surface area contributed by atoms with Gasteiger partial charge in [0, 0.05) is 0 Å². The van der Waals surface area contributed by atoms with Crippen molar-refractivity contribution in [2.45, 2.75) is 11.8 Å². The molecule has 0 radical (unpaired) electrons. The van der Waals surface area contributed by atoms with Crippen LogP contribution in [0.15, 0.2) is 23.1 Å². The molecule has 0 aliphatic rings. The number of aromatic carboxylic acids is 1. The number of carbonyl (C=O) groups is 1. The molecule has 0 aliphatic heterocycles. The second kappa shape index (κ2) is 3.68. The lowest BCUT2D eigenvalue weighted by Crippen LogP contribution is -1.99. The van der Waals surface area contributed by atoms with Crippen LogP contribution in [0.4, 0.5) is 0 Å². The molecule has 1 aromatic carbocycles. The molecular formula is C8H8O4S. The van der Waals surface area contributed by atoms with E-state index in [9.17, 15) is 9.00 Å². The van der Waals surface area contributed by atoms with Crippen molar-refractivity contribution in [1.29, 1.82) is 0 Å². The van der Waals surface area contributed by atoms with Gasteiger partial charge in [-0.3, -0.25) is 0 Å². The molecule has 0 fully saturated rings. The molecule has 1 unspecified atom stereocenters. The Labute approximate surface area is 77.5 Å². The topological polar surface area (TPSA) is 74.6 Å². The van der Waals surface area contributed by atoms with Gasteiger partial charge in [-0.25, -0.2) is 9.00 Å². The molecule has 0 amide bonds. The second-order valence-electron chi connectivity index (χ2n) is 2.59. The van der Waals surface area contributed by atoms with E-state index in [4.69, 9.17) is 9.66 Å². The lowest BCUT2D eigenvalue weighted by atomic mass is 10.1. The Morgan fingerprint density at radius 1 is 1.38 bits per heavy atom. The molecule has 1 aromatic rings. The minimum absolute atomic E-state index is 0.0254. The normalized spacial score (nSPS) is 12.5. The highest BCUT2D eigenvalue weighted by molar-refractivity contribution is 7.79. The van der Waals surface area contributed by atoms with Crippen LogP contribution in [0.2, 0.25) is 0 Å². The van der Waals surface area contributed by atoms with Crippen molar-refractivity contribution < 1.29 is 18.7 Å². The first kappa shape index (κ1) is 9.88. The van der Waals surface area contributed by atoms with Crippen molar-refractivity contribution in [1.82, 2.24) is 0 Å². The summed E-state index contributed by atoms with van der Waals surface area (Å²) in [7, 11) is 0. The molecule has 1 atom stereocenters. The first-order valence-corrected chi connectivity index (χ1v) is 4.57. The summed E-state index contributed by atoms with van der Waals surface area (Å²) in [6, 6.07) is 4.10. The average molecular weight is 200 g/mol. The summed E-state index contributed by atoms with van der Waals surface area (Å²) in [5.41, 5.74) is 0.676. The molecular weight excluding hydrogens is 192 g/mol. The number of aryl methyl sites for hydroxylation is 1. The standard InChI is InChI=1S/C8H8O4S/c1-5-2-6(8(9)10)4-7(3-5)13(11)12/h2-4H,1H3,(H,9,10)(H,11,12). The molecule has 70 valence electrons. The largest absolute Gasteiger partial charge is 0.478 e. The van der Waals surface area contributed by atoms with Crippen LogP contribution < -0.4 is 0 Å². The second-order valence-corrected chi connectivity index (χ2v) is 3.56. The summed E-state index contributed by atoms with van der Waals surface area (Å²) < 4.78 is 19.4. The lowest BCUT2D eigenvalue weighted by Gasteiger charge is -2.00. The van der Waals surface area contributed by atoms with Gasteiger partial charge < -0.3 is 9.66 Å². The summed E-state index contributed by atoms with van der Waals surface area (Å²) in [6.07, 6.45) is 0. The van der Waals surface area contributed by atoms with Crippen molar-refractivity contribution in [2.24, 2.45) is 0 Å². The van der Waals surface area contributed by atoms with Gasteiger partial charge in [0.05, 0.1) is 10.5 Å². The van der Waals surface area contributed by atoms with Crippen molar-refractivity contribution in [2.75, 3.05) is 0 Å². The van der Waals surface area contributed by atoms with Gasteiger partial charge in [0.25, 0.3) is 0 Å². The van der Waals surface area contributed by atoms with Crippen LogP contribution in [0.3, 0.4) is 0 Å². The van der Waals surface area contributed by atoms with Gasteiger partial charge >= 0.3 is 5.97 Å². The Bertz CT molecular complexity index is 340. The minimum atomic E-state index is -2.13. The first-order valence-electron chi connectivity index (χ1n) is 3.46. The van der Waals surface area contributed by atoms with Gasteiger partial charge in [-0.15, -0.1) is 0 Å². The van der Waals surface area contributed by atoms with Gasteiger partial charge in [-0.1, -0.05) is 0 Å². The number of carboxylic acid groups (broad SMARTS) is 1. The van der Waals surface area contributed by atoms with Crippen LogP contribution in [0.1, 0.15) is 15.9 Å². The van der Waals surface area contributed by atoms with E-state index in [0.717, 1.165) is 0 Å². The number of hydrogen-bond donors (Lipinski definition) is 2. The molecule has 13 heavy (non-hydrogen) atoms. The van der Waals surface area contributed by atoms with E-state index >= 15 is 0 Å². The fourth-order valence-electron chi connectivity index (χ4n) is 0.972. The van der Waals surface area contributed by atoms with Crippen molar-refractivity contribution >= 4 is 17.0 Å². The minimum Gasteiger partial charge on any atom is -0.478 e. The van der Waals surface area contributed by atoms with E-state index in [2.05, 4.69) is 0 Å². The average Bonchev–Trinajstić information content (AvgIpc) is 2.03. The molecule has 0 aliphatic carbocycles. The Morgan fingerprint density at radius 3 is 2.46 bits per heavy atom. The highest BCUT2D eigenvalue weighted by Gasteiger charge is 2.07. The third kappa shape index (κ3) is 2.37. The quantitative estimate of drug-likeness (QED) is 0.705. The first-order chi connectivity index (χ1) is 6.00. The zero-order valence-corrected chi connectivity index (χ0v) is 7.67. The van der Waals surface area contributed by atoms with E-state index in [1.54, 1.807) is 6.92 Å². The van der Waals surface area contributed by atoms with Gasteiger partial charge in [0.2, 0.25) is 0 Å². The molecule has 1 rings (SSSR count). The summed E-state index contributed by atoms with van der Waals surface area (Å²) in [4.78, 5) is 10.7. The molecule has 2 N–H and O–H groups in total. The smallest absolute Gasteiger partial charge is 0.335 e. The monoisotopic (exact) mass is 200 g/mol. The molecule has 4 nitrogen and oxygen atoms in total. The van der Waals surface area contributed by atoms with Crippen molar-refractivity contribution in [3.63, 3.8) is 0 Å². The van der Waals surface area contributed by atoms with Crippen LogP contribution >= 0.6 is 0 Å². The maximum atomic E-state index is 10.6. The highest BCUT2D eigenvalue weighted by Crippen LogP contribution is 2.12. The third-order valence-corrected chi connectivity index (χ3v) is 2.14. The summed E-state index contributed by atoms with van der Waals surface area (Å²) >= 11 is -2.13. The van der Waals surface area contributed by atoms with Crippen LogP contribution in [-0.4, -0.2) is 19.8 Å². The van der Waals surface area contributed by atoms with Crippen LogP contribution in [0.5, 0.6) is 0 Å². The molecule has 0 spiro atoms. The Hall–Kier alpha value is -1.20. The number of rotatable bonds is 2. The van der Waals surface area contributed by atoms with E-state index in [1.807, 2.05) is 0 Å². The Kier molecular flexibility index (Phi) is 2.79. The van der Waals surface area contributed by atoms with Crippen molar-refractivity contribution in [3.8, 4) is 0 Å². The molecule has 5 heteroatoms. The molecule has 0 aromatic heterocycles. The molecule has 0 saturated carbocycles. The fourth-order valence-corrected chi connectivity index (χ4v) is 1.49. The van der Waals surface area contributed by atoms with Crippen LogP contribution in [0, 0.1) is 6.92 Å².